The van der Waals surface area contributed by atoms with Crippen molar-refractivity contribution in [1.29, 1.82) is 0 Å². The number of likely N-dealkylation sites (N-methyl/N-ethyl adjacent to an activating group) is 1. The number of methoxy groups -OCH3 is 2. The number of fused-ring (bicyclic) bond motifs is 1. The predicted molar refractivity (Wildman–Crippen MR) is 161 cm³/mol. The van der Waals surface area contributed by atoms with Gasteiger partial charge in [0.05, 0.1) is 36.7 Å². The molecule has 2 aromatic carbocycles. The minimum atomic E-state index is -0.408. The molecule has 3 aromatic heterocycles. The van der Waals surface area contributed by atoms with Crippen LogP contribution < -0.4 is 19.8 Å². The number of hydrogen-bond acceptors (Lipinski definition) is 11. The van der Waals surface area contributed by atoms with Gasteiger partial charge in [-0.3, -0.25) is 9.89 Å². The number of nitrogens with zero attached hydrogens (tertiary/aromatic N) is 7. The van der Waals surface area contributed by atoms with Gasteiger partial charge < -0.3 is 28.3 Å². The molecule has 0 spiro atoms. The zero-order valence-electron chi connectivity index (χ0n) is 24.3. The van der Waals surface area contributed by atoms with E-state index in [0.29, 0.717) is 74.3 Å². The van der Waals surface area contributed by atoms with Crippen LogP contribution in [0.5, 0.6) is 11.5 Å². The Morgan fingerprint density at radius 2 is 1.86 bits per heavy atom. The third kappa shape index (κ3) is 5.67. The van der Waals surface area contributed by atoms with Crippen LogP contribution in [0.1, 0.15) is 12.8 Å². The molecule has 0 bridgehead atoms. The first-order valence-corrected chi connectivity index (χ1v) is 14.8. The lowest BCUT2D eigenvalue weighted by Gasteiger charge is -2.34. The molecule has 0 aliphatic carbocycles. The minimum Gasteiger partial charge on any atom is -0.493 e. The lowest BCUT2D eigenvalue weighted by molar-refractivity contribution is 0.312. The van der Waals surface area contributed by atoms with Crippen molar-refractivity contribution in [2.24, 2.45) is 0 Å². The van der Waals surface area contributed by atoms with Crippen molar-refractivity contribution < 1.29 is 18.3 Å². The largest absolute Gasteiger partial charge is 0.493 e. The van der Waals surface area contributed by atoms with Crippen molar-refractivity contribution in [3.63, 3.8) is 0 Å². The van der Waals surface area contributed by atoms with Gasteiger partial charge in [0.2, 0.25) is 16.9 Å². The average Bonchev–Trinajstić information content (AvgIpc) is 3.70. The standard InChI is InChI=1S/C29H31FN8O4S/c1-5-37-15-19(26(39)18-13-20(30)22(14-21(18)37)38-10-8-36(2)9-11-38)27-31-29(35-33-27)43-16-25-32-34-28(42-25)17-6-7-23(40-3)24(12-17)41-4/h6-7,12-15H,5,8-11,16H2,1-4H3,(H,31,33,35). The molecule has 0 radical (unpaired) electrons. The number of nitrogens with one attached hydrogen (secondary N) is 1. The molecule has 5 aromatic rings. The van der Waals surface area contributed by atoms with E-state index in [1.807, 2.05) is 16.4 Å². The molecule has 1 aliphatic heterocycles. The molecule has 0 unspecified atom stereocenters. The SMILES string of the molecule is CCn1cc(-c2nc(SCc3nnc(-c4ccc(OC)c(OC)c4)o3)n[nH]2)c(=O)c2cc(F)c(N3CCN(C)CC3)cc21. The molecule has 12 nitrogen and oxygen atoms in total. The summed E-state index contributed by atoms with van der Waals surface area (Å²) in [4.78, 5) is 22.3. The Morgan fingerprint density at radius 1 is 1.07 bits per heavy atom. The normalized spacial score (nSPS) is 14.0. The molecule has 1 N–H and O–H groups in total. The molecular weight excluding hydrogens is 575 g/mol. The minimum absolute atomic E-state index is 0.300. The lowest BCUT2D eigenvalue weighted by atomic mass is 10.1. The van der Waals surface area contributed by atoms with Crippen LogP contribution in [0.25, 0.3) is 33.7 Å². The van der Waals surface area contributed by atoms with Crippen LogP contribution in [-0.2, 0) is 12.3 Å². The predicted octanol–water partition coefficient (Wildman–Crippen LogP) is 4.06. The molecule has 224 valence electrons. The Balaban J connectivity index is 1.21. The van der Waals surface area contributed by atoms with Gasteiger partial charge in [0.1, 0.15) is 5.82 Å². The van der Waals surface area contributed by atoms with E-state index in [9.17, 15) is 4.79 Å². The first kappa shape index (κ1) is 28.7. The van der Waals surface area contributed by atoms with Crippen LogP contribution in [0, 0.1) is 5.82 Å². The second-order valence-electron chi connectivity index (χ2n) is 10.1. The van der Waals surface area contributed by atoms with Crippen LogP contribution in [0.2, 0.25) is 0 Å². The molecule has 6 rings (SSSR count). The van der Waals surface area contributed by atoms with Gasteiger partial charge in [-0.1, -0.05) is 11.8 Å². The van der Waals surface area contributed by atoms with Crippen molar-refractivity contribution in [3.05, 3.63) is 58.5 Å². The van der Waals surface area contributed by atoms with Crippen molar-refractivity contribution in [1.82, 2.24) is 34.8 Å². The number of halogens is 1. The zero-order chi connectivity index (χ0) is 30.1. The number of hydrogen-bond donors (Lipinski definition) is 1. The number of aromatic nitrogens is 6. The van der Waals surface area contributed by atoms with Crippen molar-refractivity contribution >= 4 is 28.4 Å². The van der Waals surface area contributed by atoms with Gasteiger partial charge >= 0.3 is 0 Å². The van der Waals surface area contributed by atoms with Gasteiger partial charge in [-0.15, -0.1) is 15.3 Å². The maximum atomic E-state index is 15.3. The third-order valence-corrected chi connectivity index (χ3v) is 8.31. The number of anilines is 1. The number of pyridine rings is 1. The Morgan fingerprint density at radius 3 is 2.60 bits per heavy atom. The van der Waals surface area contributed by atoms with Crippen LogP contribution in [0.4, 0.5) is 10.1 Å². The average molecular weight is 607 g/mol. The van der Waals surface area contributed by atoms with E-state index in [2.05, 4.69) is 37.3 Å². The molecule has 0 amide bonds. The van der Waals surface area contributed by atoms with E-state index in [-0.39, 0.29) is 5.43 Å². The maximum absolute atomic E-state index is 15.3. The molecule has 1 fully saturated rings. The molecule has 0 saturated carbocycles. The number of H-pyrrole nitrogens is 1. The van der Waals surface area contributed by atoms with E-state index < -0.39 is 5.82 Å². The van der Waals surface area contributed by atoms with Gasteiger partial charge in [-0.2, -0.15) is 0 Å². The van der Waals surface area contributed by atoms with Crippen molar-refractivity contribution in [2.75, 3.05) is 52.3 Å². The lowest BCUT2D eigenvalue weighted by Crippen LogP contribution is -2.44. The molecule has 4 heterocycles. The summed E-state index contributed by atoms with van der Waals surface area (Å²) in [5.74, 6) is 2.08. The summed E-state index contributed by atoms with van der Waals surface area (Å²) in [5, 5.41) is 16.1. The fourth-order valence-corrected chi connectivity index (χ4v) is 5.71. The molecule has 0 atom stereocenters. The monoisotopic (exact) mass is 606 g/mol. The highest BCUT2D eigenvalue weighted by Gasteiger charge is 2.22. The highest BCUT2D eigenvalue weighted by Crippen LogP contribution is 2.32. The van der Waals surface area contributed by atoms with Gasteiger partial charge in [0.25, 0.3) is 0 Å². The number of benzene rings is 2. The van der Waals surface area contributed by atoms with Gasteiger partial charge in [-0.05, 0) is 44.3 Å². The van der Waals surface area contributed by atoms with Crippen LogP contribution in [-0.4, -0.2) is 82.3 Å². The van der Waals surface area contributed by atoms with Crippen LogP contribution in [0.15, 0.2) is 50.9 Å². The number of rotatable bonds is 9. The second kappa shape index (κ2) is 12.1. The summed E-state index contributed by atoms with van der Waals surface area (Å²) in [5.41, 5.74) is 1.89. The molecule has 43 heavy (non-hydrogen) atoms. The summed E-state index contributed by atoms with van der Waals surface area (Å²) in [7, 11) is 5.18. The Labute approximate surface area is 250 Å². The van der Waals surface area contributed by atoms with E-state index in [1.54, 1.807) is 44.7 Å². The van der Waals surface area contributed by atoms with Gasteiger partial charge in [-0.25, -0.2) is 9.37 Å². The summed E-state index contributed by atoms with van der Waals surface area (Å²) in [6.45, 7) is 5.74. The summed E-state index contributed by atoms with van der Waals surface area (Å²) < 4.78 is 33.7. The first-order chi connectivity index (χ1) is 20.9. The number of aromatic amines is 1. The molecular formula is C29H31FN8O4S. The smallest absolute Gasteiger partial charge is 0.247 e. The van der Waals surface area contributed by atoms with Crippen molar-refractivity contribution in [2.45, 2.75) is 24.4 Å². The summed E-state index contributed by atoms with van der Waals surface area (Å²) in [6.07, 6.45) is 1.75. The van der Waals surface area contributed by atoms with Crippen LogP contribution >= 0.6 is 11.8 Å². The van der Waals surface area contributed by atoms with E-state index in [1.165, 1.54) is 17.8 Å². The first-order valence-electron chi connectivity index (χ1n) is 13.8. The van der Waals surface area contributed by atoms with E-state index >= 15 is 4.39 Å². The molecule has 1 saturated heterocycles. The van der Waals surface area contributed by atoms with Gasteiger partial charge in [0, 0.05) is 49.9 Å². The van der Waals surface area contributed by atoms with Crippen LogP contribution in [0.3, 0.4) is 0 Å². The van der Waals surface area contributed by atoms with Gasteiger partial charge in [0.15, 0.2) is 22.8 Å². The van der Waals surface area contributed by atoms with Crippen molar-refractivity contribution in [3.8, 4) is 34.3 Å². The second-order valence-corrected chi connectivity index (χ2v) is 11.0. The molecule has 14 heteroatoms. The third-order valence-electron chi connectivity index (χ3n) is 7.48. The molecule has 1 aliphatic rings. The zero-order valence-corrected chi connectivity index (χ0v) is 25.1. The number of aryl methyl sites for hydroxylation is 1. The fraction of sp³-hybridized carbons (Fsp3) is 0.345. The topological polar surface area (TPSA) is 127 Å². The quantitative estimate of drug-likeness (QED) is 0.244. The Hall–Kier alpha value is -4.43. The number of thioether (sulfide) groups is 1. The highest BCUT2D eigenvalue weighted by molar-refractivity contribution is 7.98. The summed E-state index contributed by atoms with van der Waals surface area (Å²) in [6, 6.07) is 8.46. The number of piperazine rings is 1. The Kier molecular flexibility index (Phi) is 8.04. The highest BCUT2D eigenvalue weighted by atomic mass is 32.2. The van der Waals surface area contributed by atoms with E-state index in [4.69, 9.17) is 13.9 Å². The maximum Gasteiger partial charge on any atom is 0.247 e. The number of ether oxygens (including phenoxy) is 2. The summed E-state index contributed by atoms with van der Waals surface area (Å²) >= 11 is 1.28. The fourth-order valence-electron chi connectivity index (χ4n) is 5.07. The van der Waals surface area contributed by atoms with E-state index in [0.717, 1.165) is 26.2 Å². The Bertz CT molecular complexity index is 1830.